The summed E-state index contributed by atoms with van der Waals surface area (Å²) in [5, 5.41) is 2.84. The molecule has 0 aliphatic heterocycles. The number of hydrogen-bond acceptors (Lipinski definition) is 2. The molecule has 0 aliphatic rings. The van der Waals surface area contributed by atoms with E-state index in [4.69, 9.17) is 5.73 Å². The molecule has 0 heterocycles. The average molecular weight is 271 g/mol. The second kappa shape index (κ2) is 6.76. The standard InChI is InChI=1S/C14H22N2O.ClH/c1-5-10-6-8-11(9-7-10)16-13(17)12(15)14(2,3)4;/h6-9,12H,5,15H2,1-4H3,(H,16,17);1H/t12-;/m1./s1. The van der Waals surface area contributed by atoms with Crippen molar-refractivity contribution in [3.8, 4) is 0 Å². The summed E-state index contributed by atoms with van der Waals surface area (Å²) in [6, 6.07) is 7.34. The van der Waals surface area contributed by atoms with Gasteiger partial charge in [-0.15, -0.1) is 12.4 Å². The van der Waals surface area contributed by atoms with Crippen molar-refractivity contribution in [2.24, 2.45) is 11.1 Å². The minimum absolute atomic E-state index is 0. The third-order valence-electron chi connectivity index (χ3n) is 2.85. The van der Waals surface area contributed by atoms with Crippen LogP contribution >= 0.6 is 12.4 Å². The molecule has 18 heavy (non-hydrogen) atoms. The molecule has 0 aromatic heterocycles. The van der Waals surface area contributed by atoms with Crippen molar-refractivity contribution in [1.29, 1.82) is 0 Å². The Hall–Kier alpha value is -1.06. The van der Waals surface area contributed by atoms with Crippen molar-refractivity contribution < 1.29 is 4.79 Å². The first-order valence-corrected chi connectivity index (χ1v) is 6.00. The van der Waals surface area contributed by atoms with Gasteiger partial charge in [0.2, 0.25) is 5.91 Å². The number of hydrogen-bond donors (Lipinski definition) is 2. The molecular weight excluding hydrogens is 248 g/mol. The van der Waals surface area contributed by atoms with E-state index in [2.05, 4.69) is 12.2 Å². The van der Waals surface area contributed by atoms with Gasteiger partial charge in [-0.2, -0.15) is 0 Å². The number of aryl methyl sites for hydroxylation is 1. The summed E-state index contributed by atoms with van der Waals surface area (Å²) in [6.07, 6.45) is 0.996. The lowest BCUT2D eigenvalue weighted by molar-refractivity contribution is -0.119. The van der Waals surface area contributed by atoms with Gasteiger partial charge < -0.3 is 11.1 Å². The van der Waals surface area contributed by atoms with Crippen LogP contribution in [0, 0.1) is 5.41 Å². The maximum atomic E-state index is 11.9. The minimum atomic E-state index is -0.506. The first-order valence-electron chi connectivity index (χ1n) is 6.00. The number of anilines is 1. The fraction of sp³-hybridized carbons (Fsp3) is 0.500. The van der Waals surface area contributed by atoms with Crippen molar-refractivity contribution in [2.75, 3.05) is 5.32 Å². The number of nitrogens with one attached hydrogen (secondary N) is 1. The molecule has 0 saturated heterocycles. The number of nitrogens with two attached hydrogens (primary N) is 1. The Balaban J connectivity index is 0.00000289. The van der Waals surface area contributed by atoms with Gasteiger partial charge in [0.05, 0.1) is 6.04 Å². The molecule has 4 heteroatoms. The summed E-state index contributed by atoms with van der Waals surface area (Å²) in [5.41, 5.74) is 7.71. The highest BCUT2D eigenvalue weighted by Gasteiger charge is 2.27. The summed E-state index contributed by atoms with van der Waals surface area (Å²) < 4.78 is 0. The number of halogens is 1. The predicted molar refractivity (Wildman–Crippen MR) is 79.1 cm³/mol. The molecule has 0 bridgehead atoms. The van der Waals surface area contributed by atoms with E-state index in [0.29, 0.717) is 0 Å². The zero-order valence-corrected chi connectivity index (χ0v) is 12.3. The third kappa shape index (κ3) is 4.67. The Morgan fingerprint density at radius 3 is 2.17 bits per heavy atom. The maximum Gasteiger partial charge on any atom is 0.241 e. The number of carbonyl (C=O) groups excluding carboxylic acids is 1. The fourth-order valence-corrected chi connectivity index (χ4v) is 1.44. The fourth-order valence-electron chi connectivity index (χ4n) is 1.44. The van der Waals surface area contributed by atoms with Crippen LogP contribution in [-0.4, -0.2) is 11.9 Å². The Morgan fingerprint density at radius 1 is 1.28 bits per heavy atom. The third-order valence-corrected chi connectivity index (χ3v) is 2.85. The molecule has 3 nitrogen and oxygen atoms in total. The lowest BCUT2D eigenvalue weighted by atomic mass is 9.87. The van der Waals surface area contributed by atoms with Crippen molar-refractivity contribution in [1.82, 2.24) is 0 Å². The summed E-state index contributed by atoms with van der Waals surface area (Å²) in [6.45, 7) is 7.97. The Kier molecular flexibility index (Phi) is 6.36. The van der Waals surface area contributed by atoms with Gasteiger partial charge in [0.15, 0.2) is 0 Å². The Bertz CT molecular complexity index is 382. The van der Waals surface area contributed by atoms with Gasteiger partial charge in [-0.3, -0.25) is 4.79 Å². The second-order valence-corrected chi connectivity index (χ2v) is 5.38. The van der Waals surface area contributed by atoms with Gasteiger partial charge in [-0.05, 0) is 29.5 Å². The molecule has 0 saturated carbocycles. The number of rotatable bonds is 3. The number of carbonyl (C=O) groups is 1. The zero-order valence-electron chi connectivity index (χ0n) is 11.5. The van der Waals surface area contributed by atoms with Crippen molar-refractivity contribution in [3.05, 3.63) is 29.8 Å². The molecule has 1 amide bonds. The van der Waals surface area contributed by atoms with Crippen LogP contribution in [0.5, 0.6) is 0 Å². The molecule has 0 aliphatic carbocycles. The molecular formula is C14H23ClN2O. The lowest BCUT2D eigenvalue weighted by Gasteiger charge is -2.25. The van der Waals surface area contributed by atoms with Crippen LogP contribution in [0.3, 0.4) is 0 Å². The van der Waals surface area contributed by atoms with Crippen molar-refractivity contribution in [2.45, 2.75) is 40.2 Å². The summed E-state index contributed by atoms with van der Waals surface area (Å²) in [4.78, 5) is 11.9. The number of amides is 1. The topological polar surface area (TPSA) is 55.1 Å². The van der Waals surface area contributed by atoms with Crippen molar-refractivity contribution >= 4 is 24.0 Å². The Morgan fingerprint density at radius 2 is 1.78 bits per heavy atom. The second-order valence-electron chi connectivity index (χ2n) is 5.38. The van der Waals surface area contributed by atoms with E-state index in [9.17, 15) is 4.79 Å². The molecule has 0 fully saturated rings. The SMILES string of the molecule is CCc1ccc(NC(=O)[C@@H](N)C(C)(C)C)cc1.Cl. The molecule has 0 spiro atoms. The monoisotopic (exact) mass is 270 g/mol. The van der Waals surface area contributed by atoms with Crippen LogP contribution in [0.1, 0.15) is 33.3 Å². The van der Waals surface area contributed by atoms with Gasteiger partial charge in [0.1, 0.15) is 0 Å². The van der Waals surface area contributed by atoms with Crippen LogP contribution in [0.25, 0.3) is 0 Å². The number of benzene rings is 1. The molecule has 1 aromatic carbocycles. The zero-order chi connectivity index (χ0) is 13.1. The normalized spacial score (nSPS) is 12.5. The van der Waals surface area contributed by atoms with E-state index < -0.39 is 6.04 Å². The summed E-state index contributed by atoms with van der Waals surface area (Å²) in [7, 11) is 0. The van der Waals surface area contributed by atoms with E-state index in [1.807, 2.05) is 45.0 Å². The van der Waals surface area contributed by atoms with E-state index in [0.717, 1.165) is 12.1 Å². The van der Waals surface area contributed by atoms with E-state index >= 15 is 0 Å². The highest BCUT2D eigenvalue weighted by atomic mass is 35.5. The van der Waals surface area contributed by atoms with Gasteiger partial charge in [0, 0.05) is 5.69 Å². The molecule has 1 rings (SSSR count). The van der Waals surface area contributed by atoms with Crippen LogP contribution < -0.4 is 11.1 Å². The van der Waals surface area contributed by atoms with Gasteiger partial charge >= 0.3 is 0 Å². The molecule has 0 unspecified atom stereocenters. The molecule has 102 valence electrons. The minimum Gasteiger partial charge on any atom is -0.325 e. The van der Waals surface area contributed by atoms with E-state index in [1.165, 1.54) is 5.56 Å². The van der Waals surface area contributed by atoms with Crippen LogP contribution in [0.4, 0.5) is 5.69 Å². The summed E-state index contributed by atoms with van der Waals surface area (Å²) >= 11 is 0. The largest absolute Gasteiger partial charge is 0.325 e. The first kappa shape index (κ1) is 16.9. The van der Waals surface area contributed by atoms with Crippen LogP contribution in [0.15, 0.2) is 24.3 Å². The highest BCUT2D eigenvalue weighted by molar-refractivity contribution is 5.95. The van der Waals surface area contributed by atoms with Crippen LogP contribution in [-0.2, 0) is 11.2 Å². The molecule has 1 atom stereocenters. The molecule has 1 aromatic rings. The quantitative estimate of drug-likeness (QED) is 0.887. The Labute approximate surface area is 116 Å². The summed E-state index contributed by atoms with van der Waals surface area (Å²) in [5.74, 6) is -0.137. The van der Waals surface area contributed by atoms with Gasteiger partial charge in [0.25, 0.3) is 0 Å². The van der Waals surface area contributed by atoms with E-state index in [1.54, 1.807) is 0 Å². The average Bonchev–Trinajstić information content (AvgIpc) is 2.27. The molecule has 3 N–H and O–H groups in total. The lowest BCUT2D eigenvalue weighted by Crippen LogP contribution is -2.45. The van der Waals surface area contributed by atoms with Crippen molar-refractivity contribution in [3.63, 3.8) is 0 Å². The molecule has 0 radical (unpaired) electrons. The van der Waals surface area contributed by atoms with E-state index in [-0.39, 0.29) is 23.7 Å². The van der Waals surface area contributed by atoms with Crippen LogP contribution in [0.2, 0.25) is 0 Å². The first-order chi connectivity index (χ1) is 7.84. The predicted octanol–water partition coefficient (Wildman–Crippen LogP) is 2.98. The smallest absolute Gasteiger partial charge is 0.241 e. The highest BCUT2D eigenvalue weighted by Crippen LogP contribution is 2.19. The van der Waals surface area contributed by atoms with Gasteiger partial charge in [-0.1, -0.05) is 39.8 Å². The van der Waals surface area contributed by atoms with Gasteiger partial charge in [-0.25, -0.2) is 0 Å². The maximum absolute atomic E-state index is 11.9.